The molecule has 0 aliphatic carbocycles. The van der Waals surface area contributed by atoms with Crippen molar-refractivity contribution in [3.05, 3.63) is 10.4 Å². The van der Waals surface area contributed by atoms with Crippen LogP contribution < -0.4 is 0 Å². The third kappa shape index (κ3) is 8.77. The molecule has 0 bridgehead atoms. The average Bonchev–Trinajstić information content (AvgIpc) is 2.76. The van der Waals surface area contributed by atoms with E-state index in [1.54, 1.807) is 0 Å². The van der Waals surface area contributed by atoms with Gasteiger partial charge in [0.05, 0.1) is 0 Å². The molecule has 1 aliphatic rings. The van der Waals surface area contributed by atoms with Crippen LogP contribution in [0, 0.1) is 12.2 Å². The Bertz CT molecular complexity index is 730. The van der Waals surface area contributed by atoms with Gasteiger partial charge in [-0.15, -0.1) is 6.42 Å². The number of nitrogens with zero attached hydrogens (tertiary/aromatic N) is 3. The first kappa shape index (κ1) is 23.3. The largest absolute Gasteiger partial charge is 0.490 e. The summed E-state index contributed by atoms with van der Waals surface area (Å²) in [7, 11) is -15.4. The maximum Gasteiger partial charge on any atom is 0.490 e. The van der Waals surface area contributed by atoms with E-state index in [0.29, 0.717) is 0 Å². The summed E-state index contributed by atoms with van der Waals surface area (Å²) in [4.78, 5) is 37.9. The molecule has 4 N–H and O–H groups in total. The summed E-state index contributed by atoms with van der Waals surface area (Å²) in [5, 5.41) is 3.08. The minimum Gasteiger partial charge on any atom is -0.367 e. The molecule has 0 aromatic heterocycles. The molecule has 1 saturated heterocycles. The van der Waals surface area contributed by atoms with Gasteiger partial charge in [-0.25, -0.2) is 13.7 Å². The molecule has 15 nitrogen and oxygen atoms in total. The van der Waals surface area contributed by atoms with Crippen molar-refractivity contribution in [2.45, 2.75) is 24.8 Å². The number of hydrogen-bond donors (Lipinski definition) is 4. The van der Waals surface area contributed by atoms with Crippen molar-refractivity contribution in [2.24, 2.45) is 5.11 Å². The lowest BCUT2D eigenvalue weighted by molar-refractivity contribution is -0.124. The van der Waals surface area contributed by atoms with E-state index in [2.05, 4.69) is 29.0 Å². The minimum atomic E-state index is -5.67. The Hall–Kier alpha value is -0.735. The highest BCUT2D eigenvalue weighted by Gasteiger charge is 2.46. The SMILES string of the molecule is C#C[B][C@H]1CC(OCN=[N+]=[N-])[C@@H](OP(=O)(O)OP(=O)(O)OP(=O)(O)O)O1. The molecule has 1 aliphatic heterocycles. The molecule has 19 heteroatoms. The Morgan fingerprint density at radius 3 is 2.46 bits per heavy atom. The first-order valence-corrected chi connectivity index (χ1v) is 10.8. The Balaban J connectivity index is 2.81. The molecule has 0 aromatic rings. The lowest BCUT2D eigenvalue weighted by Crippen LogP contribution is -2.26. The Labute approximate surface area is 146 Å². The van der Waals surface area contributed by atoms with E-state index in [4.69, 9.17) is 36.1 Å². The van der Waals surface area contributed by atoms with E-state index >= 15 is 0 Å². The van der Waals surface area contributed by atoms with Crippen LogP contribution in [0.4, 0.5) is 0 Å². The summed E-state index contributed by atoms with van der Waals surface area (Å²) in [6.07, 6.45) is 2.31. The van der Waals surface area contributed by atoms with Crippen LogP contribution in [-0.4, -0.2) is 52.0 Å². The van der Waals surface area contributed by atoms with Crippen LogP contribution in [0.5, 0.6) is 0 Å². The standard InChI is InChI=1S/C7H12BN3O12P3/c1-2-8-6-3-5(19-4-10-11-9)7(20-6)21-25(15,16)23-26(17,18)22-24(12,13)14/h1,5-7H,3-4H2,(H,15,16)(H,17,18)(H2,12,13,14)/t5?,6-,7-/m1/s1. The van der Waals surface area contributed by atoms with E-state index in [9.17, 15) is 18.6 Å². The normalized spacial score (nSPS) is 27.6. The number of ether oxygens (including phenoxy) is 2. The van der Waals surface area contributed by atoms with Gasteiger partial charge in [0.1, 0.15) is 12.8 Å². The first-order chi connectivity index (χ1) is 11.9. The molecule has 0 spiro atoms. The highest BCUT2D eigenvalue weighted by molar-refractivity contribution is 7.66. The molecular weight excluding hydrogens is 422 g/mol. The quantitative estimate of drug-likeness (QED) is 0.0912. The third-order valence-electron chi connectivity index (χ3n) is 2.42. The predicted octanol–water partition coefficient (Wildman–Crippen LogP) is 0.350. The molecule has 1 fully saturated rings. The molecule has 1 radical (unpaired) electrons. The van der Waals surface area contributed by atoms with Crippen LogP contribution in [0.1, 0.15) is 6.42 Å². The van der Waals surface area contributed by atoms with E-state index in [-0.39, 0.29) is 6.42 Å². The van der Waals surface area contributed by atoms with Crippen molar-refractivity contribution in [3.63, 3.8) is 0 Å². The van der Waals surface area contributed by atoms with Crippen LogP contribution >= 0.6 is 23.5 Å². The maximum atomic E-state index is 11.8. The second kappa shape index (κ2) is 9.46. The van der Waals surface area contributed by atoms with Crippen molar-refractivity contribution in [2.75, 3.05) is 6.73 Å². The van der Waals surface area contributed by atoms with E-state index in [1.165, 1.54) is 7.28 Å². The molecule has 1 rings (SSSR count). The first-order valence-electron chi connectivity index (χ1n) is 6.27. The third-order valence-corrected chi connectivity index (χ3v) is 6.22. The summed E-state index contributed by atoms with van der Waals surface area (Å²) in [6.45, 7) is -0.496. The van der Waals surface area contributed by atoms with E-state index in [1.807, 2.05) is 0 Å². The fourth-order valence-corrected chi connectivity index (χ4v) is 4.80. The fraction of sp³-hybridized carbons (Fsp3) is 0.714. The van der Waals surface area contributed by atoms with Crippen molar-refractivity contribution < 1.29 is 55.9 Å². The van der Waals surface area contributed by atoms with Crippen LogP contribution in [0.2, 0.25) is 0 Å². The number of azide groups is 1. The van der Waals surface area contributed by atoms with Crippen LogP contribution in [0.3, 0.4) is 0 Å². The molecule has 0 aromatic carbocycles. The van der Waals surface area contributed by atoms with Gasteiger partial charge in [0.2, 0.25) is 0 Å². The summed E-state index contributed by atoms with van der Waals surface area (Å²) < 4.78 is 55.5. The smallest absolute Gasteiger partial charge is 0.367 e. The molecular formula is C7H12BN3O12P3. The number of terminal acetylenes is 1. The van der Waals surface area contributed by atoms with Gasteiger partial charge in [-0.3, -0.25) is 4.52 Å². The van der Waals surface area contributed by atoms with Gasteiger partial charge in [0.15, 0.2) is 6.29 Å². The van der Waals surface area contributed by atoms with Gasteiger partial charge in [-0.1, -0.05) is 5.11 Å². The molecule has 26 heavy (non-hydrogen) atoms. The van der Waals surface area contributed by atoms with E-state index in [0.717, 1.165) is 0 Å². The minimum absolute atomic E-state index is 0.00554. The van der Waals surface area contributed by atoms with Crippen LogP contribution in [0.25, 0.3) is 10.4 Å². The Morgan fingerprint density at radius 2 is 1.92 bits per heavy atom. The van der Waals surface area contributed by atoms with Crippen molar-refractivity contribution >= 4 is 30.7 Å². The highest BCUT2D eigenvalue weighted by Crippen LogP contribution is 2.66. The highest BCUT2D eigenvalue weighted by atomic mass is 31.3. The van der Waals surface area contributed by atoms with E-state index < -0.39 is 48.6 Å². The Morgan fingerprint density at radius 1 is 1.27 bits per heavy atom. The van der Waals surface area contributed by atoms with Crippen molar-refractivity contribution in [1.29, 1.82) is 0 Å². The zero-order chi connectivity index (χ0) is 20.0. The summed E-state index contributed by atoms with van der Waals surface area (Å²) in [5.41, 5.74) is 8.19. The number of phosphoric ester groups is 1. The van der Waals surface area contributed by atoms with Crippen molar-refractivity contribution in [3.8, 4) is 12.2 Å². The van der Waals surface area contributed by atoms with Gasteiger partial charge in [-0.05, 0) is 12.0 Å². The van der Waals surface area contributed by atoms with Crippen LogP contribution in [-0.2, 0) is 36.3 Å². The maximum absolute atomic E-state index is 11.8. The van der Waals surface area contributed by atoms with Gasteiger partial charge in [0.25, 0.3) is 7.28 Å². The lowest BCUT2D eigenvalue weighted by Gasteiger charge is -2.22. The summed E-state index contributed by atoms with van der Waals surface area (Å²) >= 11 is 0. The molecule has 3 unspecified atom stereocenters. The monoisotopic (exact) mass is 434 g/mol. The second-order valence-corrected chi connectivity index (χ2v) is 8.75. The van der Waals surface area contributed by atoms with Crippen LogP contribution in [0.15, 0.2) is 5.11 Å². The molecule has 5 atom stereocenters. The second-order valence-electron chi connectivity index (χ2n) is 4.37. The molecule has 0 saturated carbocycles. The zero-order valence-corrected chi connectivity index (χ0v) is 15.2. The topological polar surface area (TPSA) is 227 Å². The van der Waals surface area contributed by atoms with Gasteiger partial charge < -0.3 is 29.0 Å². The summed E-state index contributed by atoms with van der Waals surface area (Å²) in [5.74, 6) is 2.15. The summed E-state index contributed by atoms with van der Waals surface area (Å²) in [6, 6.07) is -0.798. The number of hydrogen-bond acceptors (Lipinski definition) is 9. The molecule has 0 amide bonds. The van der Waals surface area contributed by atoms with Gasteiger partial charge >= 0.3 is 23.5 Å². The Kier molecular flexibility index (Phi) is 8.48. The molecule has 145 valence electrons. The fourth-order valence-electron chi connectivity index (χ4n) is 1.69. The number of phosphoric acid groups is 3. The zero-order valence-electron chi connectivity index (χ0n) is 12.5. The van der Waals surface area contributed by atoms with Gasteiger partial charge in [0, 0.05) is 10.9 Å². The van der Waals surface area contributed by atoms with Crippen molar-refractivity contribution in [1.82, 2.24) is 0 Å². The lowest BCUT2D eigenvalue weighted by atomic mass is 9.72. The number of rotatable bonds is 10. The predicted molar refractivity (Wildman–Crippen MR) is 81.7 cm³/mol. The van der Waals surface area contributed by atoms with Gasteiger partial charge in [-0.2, -0.15) is 14.4 Å². The molecule has 1 heterocycles. The average molecular weight is 434 g/mol.